The molecule has 1 saturated heterocycles. The van der Waals surface area contributed by atoms with Crippen LogP contribution in [0.4, 0.5) is 25.0 Å². The first-order valence-electron chi connectivity index (χ1n) is 7.96. The highest BCUT2D eigenvalue weighted by atomic mass is 35.5. The van der Waals surface area contributed by atoms with Crippen LogP contribution in [0.25, 0.3) is 0 Å². The number of carbonyl (C=O) groups is 1. The van der Waals surface area contributed by atoms with E-state index in [1.165, 1.54) is 12.1 Å². The van der Waals surface area contributed by atoms with Crippen LogP contribution in [0.5, 0.6) is 0 Å². The number of piperazine rings is 1. The highest BCUT2D eigenvalue weighted by Crippen LogP contribution is 2.23. The molecule has 0 aliphatic carbocycles. The molecule has 1 N–H and O–H groups in total. The summed E-state index contributed by atoms with van der Waals surface area (Å²) < 4.78 is 26.9. The third kappa shape index (κ3) is 4.02. The lowest BCUT2D eigenvalue weighted by Gasteiger charge is -2.36. The van der Waals surface area contributed by atoms with Gasteiger partial charge in [-0.25, -0.2) is 13.6 Å². The predicted octanol–water partition coefficient (Wildman–Crippen LogP) is 4.28. The van der Waals surface area contributed by atoms with Gasteiger partial charge in [0.25, 0.3) is 0 Å². The van der Waals surface area contributed by atoms with E-state index in [0.29, 0.717) is 42.6 Å². The van der Waals surface area contributed by atoms with Crippen molar-refractivity contribution in [2.24, 2.45) is 0 Å². The highest BCUT2D eigenvalue weighted by Gasteiger charge is 2.23. The fraction of sp³-hybridized carbons (Fsp3) is 0.278. The summed E-state index contributed by atoms with van der Waals surface area (Å²) in [7, 11) is 0. The maximum absolute atomic E-state index is 13.9. The van der Waals surface area contributed by atoms with Crippen LogP contribution in [0.3, 0.4) is 0 Å². The van der Waals surface area contributed by atoms with E-state index in [0.717, 1.165) is 11.6 Å². The SMILES string of the molecule is Cc1ccc(NC(=O)N2CCN(c3ccc(F)cc3F)CC2)cc1Cl. The van der Waals surface area contributed by atoms with Crippen LogP contribution < -0.4 is 10.2 Å². The number of urea groups is 1. The molecule has 25 heavy (non-hydrogen) atoms. The van der Waals surface area contributed by atoms with Crippen molar-refractivity contribution in [1.82, 2.24) is 4.90 Å². The van der Waals surface area contributed by atoms with Crippen LogP contribution in [0, 0.1) is 18.6 Å². The Balaban J connectivity index is 1.59. The Morgan fingerprint density at radius 1 is 1.08 bits per heavy atom. The Bertz CT molecular complexity index is 792. The fourth-order valence-corrected chi connectivity index (χ4v) is 2.94. The lowest BCUT2D eigenvalue weighted by Crippen LogP contribution is -2.50. The molecule has 2 amide bonds. The molecule has 0 saturated carbocycles. The van der Waals surface area contributed by atoms with Gasteiger partial charge in [-0.05, 0) is 36.8 Å². The van der Waals surface area contributed by atoms with Crippen molar-refractivity contribution in [2.45, 2.75) is 6.92 Å². The molecule has 0 bridgehead atoms. The molecule has 7 heteroatoms. The van der Waals surface area contributed by atoms with Gasteiger partial charge in [-0.15, -0.1) is 0 Å². The zero-order valence-electron chi connectivity index (χ0n) is 13.7. The molecule has 132 valence electrons. The fourth-order valence-electron chi connectivity index (χ4n) is 2.76. The number of anilines is 2. The number of amides is 2. The molecule has 1 aliphatic rings. The second kappa shape index (κ2) is 7.27. The molecule has 1 heterocycles. The molecule has 0 spiro atoms. The maximum atomic E-state index is 13.9. The monoisotopic (exact) mass is 365 g/mol. The maximum Gasteiger partial charge on any atom is 0.321 e. The van der Waals surface area contributed by atoms with Crippen molar-refractivity contribution in [3.8, 4) is 0 Å². The Hall–Kier alpha value is -2.34. The smallest absolute Gasteiger partial charge is 0.321 e. The van der Waals surface area contributed by atoms with E-state index >= 15 is 0 Å². The van der Waals surface area contributed by atoms with E-state index < -0.39 is 11.6 Å². The van der Waals surface area contributed by atoms with Crippen molar-refractivity contribution in [1.29, 1.82) is 0 Å². The zero-order valence-corrected chi connectivity index (χ0v) is 14.5. The molecular weight excluding hydrogens is 348 g/mol. The van der Waals surface area contributed by atoms with Gasteiger partial charge in [0.2, 0.25) is 0 Å². The van der Waals surface area contributed by atoms with Crippen LogP contribution in [0.1, 0.15) is 5.56 Å². The number of benzene rings is 2. The average Bonchev–Trinajstić information content (AvgIpc) is 2.58. The number of carbonyl (C=O) groups excluding carboxylic acids is 1. The Morgan fingerprint density at radius 3 is 2.44 bits per heavy atom. The van der Waals surface area contributed by atoms with Gasteiger partial charge in [0.15, 0.2) is 0 Å². The van der Waals surface area contributed by atoms with E-state index in [4.69, 9.17) is 11.6 Å². The van der Waals surface area contributed by atoms with Crippen LogP contribution in [0.15, 0.2) is 36.4 Å². The molecule has 0 radical (unpaired) electrons. The number of rotatable bonds is 2. The van der Waals surface area contributed by atoms with E-state index in [1.54, 1.807) is 21.9 Å². The number of hydrogen-bond acceptors (Lipinski definition) is 2. The Labute approximate surface area is 150 Å². The predicted molar refractivity (Wildman–Crippen MR) is 95.4 cm³/mol. The molecule has 0 aromatic heterocycles. The van der Waals surface area contributed by atoms with Gasteiger partial charge in [0.05, 0.1) is 5.69 Å². The summed E-state index contributed by atoms with van der Waals surface area (Å²) in [6.07, 6.45) is 0. The zero-order chi connectivity index (χ0) is 18.0. The molecule has 1 aliphatic heterocycles. The molecule has 0 unspecified atom stereocenters. The molecular formula is C18H18ClF2N3O. The molecule has 0 atom stereocenters. The van der Waals surface area contributed by atoms with Crippen LogP contribution >= 0.6 is 11.6 Å². The molecule has 3 rings (SSSR count). The number of aryl methyl sites for hydroxylation is 1. The Morgan fingerprint density at radius 2 is 1.80 bits per heavy atom. The molecule has 4 nitrogen and oxygen atoms in total. The number of nitrogens with one attached hydrogen (secondary N) is 1. The third-order valence-electron chi connectivity index (χ3n) is 4.24. The largest absolute Gasteiger partial charge is 0.366 e. The van der Waals surface area contributed by atoms with Gasteiger partial charge in [-0.1, -0.05) is 17.7 Å². The van der Waals surface area contributed by atoms with E-state index in [2.05, 4.69) is 5.32 Å². The van der Waals surface area contributed by atoms with Crippen molar-refractivity contribution in [3.63, 3.8) is 0 Å². The van der Waals surface area contributed by atoms with Gasteiger partial charge in [0, 0.05) is 43.0 Å². The van der Waals surface area contributed by atoms with Gasteiger partial charge in [-0.2, -0.15) is 0 Å². The van der Waals surface area contributed by atoms with Gasteiger partial charge < -0.3 is 15.1 Å². The minimum Gasteiger partial charge on any atom is -0.366 e. The number of hydrogen-bond donors (Lipinski definition) is 1. The van der Waals surface area contributed by atoms with Crippen LogP contribution in [-0.2, 0) is 0 Å². The molecule has 2 aromatic rings. The normalized spacial score (nSPS) is 14.6. The minimum atomic E-state index is -0.601. The number of nitrogens with zero attached hydrogens (tertiary/aromatic N) is 2. The summed E-state index contributed by atoms with van der Waals surface area (Å²) >= 11 is 6.06. The molecule has 1 fully saturated rings. The van der Waals surface area contributed by atoms with Gasteiger partial charge in [-0.3, -0.25) is 0 Å². The van der Waals surface area contributed by atoms with Crippen molar-refractivity contribution < 1.29 is 13.6 Å². The summed E-state index contributed by atoms with van der Waals surface area (Å²) in [6.45, 7) is 3.74. The van der Waals surface area contributed by atoms with Gasteiger partial charge in [0.1, 0.15) is 11.6 Å². The summed E-state index contributed by atoms with van der Waals surface area (Å²) in [5.74, 6) is -1.19. The van der Waals surface area contributed by atoms with Gasteiger partial charge >= 0.3 is 6.03 Å². The first-order chi connectivity index (χ1) is 11.9. The highest BCUT2D eigenvalue weighted by molar-refractivity contribution is 6.31. The lowest BCUT2D eigenvalue weighted by molar-refractivity contribution is 0.208. The topological polar surface area (TPSA) is 35.6 Å². The van der Waals surface area contributed by atoms with Crippen molar-refractivity contribution in [2.75, 3.05) is 36.4 Å². The molecule has 2 aromatic carbocycles. The quantitative estimate of drug-likeness (QED) is 0.862. The van der Waals surface area contributed by atoms with Crippen LogP contribution in [-0.4, -0.2) is 37.1 Å². The summed E-state index contributed by atoms with van der Waals surface area (Å²) in [6, 6.07) is 8.65. The second-order valence-corrected chi connectivity index (χ2v) is 6.37. The number of halogens is 3. The average molecular weight is 366 g/mol. The van der Waals surface area contributed by atoms with Crippen molar-refractivity contribution in [3.05, 3.63) is 58.6 Å². The Kier molecular flexibility index (Phi) is 5.08. The minimum absolute atomic E-state index is 0.223. The van der Waals surface area contributed by atoms with E-state index in [-0.39, 0.29) is 6.03 Å². The lowest BCUT2D eigenvalue weighted by atomic mass is 10.2. The van der Waals surface area contributed by atoms with E-state index in [1.807, 2.05) is 13.0 Å². The third-order valence-corrected chi connectivity index (χ3v) is 4.65. The first kappa shape index (κ1) is 17.5. The standard InChI is InChI=1S/C18H18ClF2N3O/c1-12-2-4-14(11-15(12)19)22-18(25)24-8-6-23(7-9-24)17-5-3-13(20)10-16(17)21/h2-5,10-11H,6-9H2,1H3,(H,22,25). The van der Waals surface area contributed by atoms with Crippen LogP contribution in [0.2, 0.25) is 5.02 Å². The summed E-state index contributed by atoms with van der Waals surface area (Å²) in [5, 5.41) is 3.41. The van der Waals surface area contributed by atoms with Crippen molar-refractivity contribution >= 4 is 29.0 Å². The van der Waals surface area contributed by atoms with E-state index in [9.17, 15) is 13.6 Å². The second-order valence-electron chi connectivity index (χ2n) is 5.96. The summed E-state index contributed by atoms with van der Waals surface area (Å²) in [4.78, 5) is 15.8. The summed E-state index contributed by atoms with van der Waals surface area (Å²) in [5.41, 5.74) is 1.92. The first-order valence-corrected chi connectivity index (χ1v) is 8.34.